The van der Waals surface area contributed by atoms with Crippen molar-refractivity contribution in [1.29, 1.82) is 0 Å². The van der Waals surface area contributed by atoms with E-state index in [0.29, 0.717) is 19.8 Å². The van der Waals surface area contributed by atoms with Gasteiger partial charge >= 0.3 is 0 Å². The number of carbonyl (C=O) groups excluding carboxylic acids is 1. The number of phenolic OH excluding ortho intramolecular Hbond substituents is 1. The molecule has 0 saturated carbocycles. The molecule has 0 aliphatic carbocycles. The zero-order valence-corrected chi connectivity index (χ0v) is 11.2. The molecule has 0 aromatic heterocycles. The lowest BCUT2D eigenvalue weighted by Gasteiger charge is -2.04. The Bertz CT molecular complexity index is 542. The third-order valence-electron chi connectivity index (χ3n) is 2.26. The molecule has 1 aromatic carbocycles. The lowest BCUT2D eigenvalue weighted by atomic mass is 10.2. The zero-order chi connectivity index (χ0) is 12.6. The minimum absolute atomic E-state index is 0.0794. The summed E-state index contributed by atoms with van der Waals surface area (Å²) in [6, 6.07) is 4.67. The summed E-state index contributed by atoms with van der Waals surface area (Å²) in [5, 5.41) is 10.1. The highest BCUT2D eigenvalue weighted by Gasteiger charge is 2.28. The molecule has 0 unspecified atom stereocenters. The number of likely N-dealkylation sites (N-methyl/N-ethyl adjacent to an activating group) is 1. The van der Waals surface area contributed by atoms with Gasteiger partial charge in [-0.1, -0.05) is 35.6 Å². The van der Waals surface area contributed by atoms with Crippen LogP contribution in [0.5, 0.6) is 5.75 Å². The largest absolute Gasteiger partial charge is 0.507 e. The third-order valence-corrected chi connectivity index (χ3v) is 3.98. The second-order valence-electron chi connectivity index (χ2n) is 3.44. The Labute approximate surface area is 113 Å². The van der Waals surface area contributed by atoms with Crippen LogP contribution in [0.4, 0.5) is 0 Å². The molecule has 1 aromatic rings. The summed E-state index contributed by atoms with van der Waals surface area (Å²) in [6.07, 6.45) is 1.59. The molecule has 3 nitrogen and oxygen atoms in total. The van der Waals surface area contributed by atoms with Gasteiger partial charge in [0.1, 0.15) is 10.1 Å². The molecule has 17 heavy (non-hydrogen) atoms. The maximum atomic E-state index is 11.8. The fourth-order valence-electron chi connectivity index (χ4n) is 1.33. The maximum absolute atomic E-state index is 11.8. The first-order valence-electron chi connectivity index (χ1n) is 4.69. The number of nitrogens with zero attached hydrogens (tertiary/aromatic N) is 1. The fourth-order valence-corrected chi connectivity index (χ4v) is 2.68. The molecule has 1 N–H and O–H groups in total. The number of phenols is 1. The van der Waals surface area contributed by atoms with E-state index in [2.05, 4.69) is 0 Å². The fraction of sp³-hybridized carbons (Fsp3) is 0.0909. The molecule has 2 rings (SSSR count). The van der Waals surface area contributed by atoms with Gasteiger partial charge < -0.3 is 5.11 Å². The molecule has 1 fully saturated rings. The van der Waals surface area contributed by atoms with Gasteiger partial charge in [-0.05, 0) is 24.3 Å². The third kappa shape index (κ3) is 2.46. The number of rotatable bonds is 1. The Hall–Kier alpha value is -1.04. The molecule has 1 saturated heterocycles. The zero-order valence-electron chi connectivity index (χ0n) is 8.81. The summed E-state index contributed by atoms with van der Waals surface area (Å²) in [4.78, 5) is 13.6. The van der Waals surface area contributed by atoms with Crippen molar-refractivity contribution in [1.82, 2.24) is 4.90 Å². The van der Waals surface area contributed by atoms with Crippen molar-refractivity contribution >= 4 is 51.9 Å². The first-order valence-corrected chi connectivity index (χ1v) is 6.29. The van der Waals surface area contributed by atoms with Gasteiger partial charge in [0.15, 0.2) is 0 Å². The quantitative estimate of drug-likeness (QED) is 0.636. The summed E-state index contributed by atoms with van der Waals surface area (Å²) >= 11 is 12.0. The van der Waals surface area contributed by atoms with Gasteiger partial charge in [0.05, 0.1) is 4.91 Å². The molecule has 0 atom stereocenters. The van der Waals surface area contributed by atoms with Gasteiger partial charge in [-0.2, -0.15) is 0 Å². The molecule has 0 radical (unpaired) electrons. The Morgan fingerprint density at radius 1 is 1.53 bits per heavy atom. The molecule has 1 amide bonds. The number of thiocarbonyl (C=S) groups is 1. The average Bonchev–Trinajstić information content (AvgIpc) is 2.52. The summed E-state index contributed by atoms with van der Waals surface area (Å²) in [5.74, 6) is -0.0878. The van der Waals surface area contributed by atoms with E-state index in [4.69, 9.17) is 23.8 Å². The highest BCUT2D eigenvalue weighted by atomic mass is 35.5. The lowest BCUT2D eigenvalue weighted by molar-refractivity contribution is -0.121. The minimum Gasteiger partial charge on any atom is -0.507 e. The predicted molar refractivity (Wildman–Crippen MR) is 74.1 cm³/mol. The molecular formula is C11H8ClNO2S2. The molecular weight excluding hydrogens is 278 g/mol. The Balaban J connectivity index is 2.40. The van der Waals surface area contributed by atoms with Crippen LogP contribution < -0.4 is 0 Å². The van der Waals surface area contributed by atoms with Crippen LogP contribution in [-0.2, 0) is 4.79 Å². The van der Waals surface area contributed by atoms with Gasteiger partial charge in [0, 0.05) is 17.6 Å². The molecule has 88 valence electrons. The number of thioether (sulfide) groups is 1. The molecule has 6 heteroatoms. The smallest absolute Gasteiger partial charge is 0.265 e. The minimum atomic E-state index is -0.167. The summed E-state index contributed by atoms with van der Waals surface area (Å²) in [6.45, 7) is 0. The van der Waals surface area contributed by atoms with Gasteiger partial charge in [0.2, 0.25) is 0 Å². The van der Waals surface area contributed by atoms with Crippen molar-refractivity contribution < 1.29 is 9.90 Å². The summed E-state index contributed by atoms with van der Waals surface area (Å²) in [5.41, 5.74) is 0.506. The van der Waals surface area contributed by atoms with Crippen LogP contribution in [0.3, 0.4) is 0 Å². The monoisotopic (exact) mass is 285 g/mol. The number of benzene rings is 1. The number of halogens is 1. The van der Waals surface area contributed by atoms with E-state index in [9.17, 15) is 9.90 Å². The van der Waals surface area contributed by atoms with Crippen molar-refractivity contribution in [2.24, 2.45) is 0 Å². The van der Waals surface area contributed by atoms with Crippen LogP contribution in [0, 0.1) is 0 Å². The number of hydrogen-bond donors (Lipinski definition) is 1. The number of carbonyl (C=O) groups is 1. The highest BCUT2D eigenvalue weighted by Crippen LogP contribution is 2.33. The average molecular weight is 286 g/mol. The van der Waals surface area contributed by atoms with Crippen LogP contribution in [0.25, 0.3) is 6.08 Å². The summed E-state index contributed by atoms with van der Waals surface area (Å²) < 4.78 is 0.503. The highest BCUT2D eigenvalue weighted by molar-refractivity contribution is 8.26. The predicted octanol–water partition coefficient (Wildman–Crippen LogP) is 2.88. The van der Waals surface area contributed by atoms with E-state index in [-0.39, 0.29) is 11.7 Å². The lowest BCUT2D eigenvalue weighted by Crippen LogP contribution is -2.22. The van der Waals surface area contributed by atoms with Crippen molar-refractivity contribution in [2.45, 2.75) is 0 Å². The molecule has 1 aliphatic rings. The Kier molecular flexibility index (Phi) is 3.42. The van der Waals surface area contributed by atoms with Gasteiger partial charge in [0.25, 0.3) is 5.91 Å². The van der Waals surface area contributed by atoms with E-state index in [1.165, 1.54) is 22.7 Å². The molecule has 1 aliphatic heterocycles. The van der Waals surface area contributed by atoms with Gasteiger partial charge in [-0.3, -0.25) is 9.69 Å². The van der Waals surface area contributed by atoms with Gasteiger partial charge in [-0.15, -0.1) is 0 Å². The van der Waals surface area contributed by atoms with Crippen molar-refractivity contribution in [3.63, 3.8) is 0 Å². The molecule has 0 spiro atoms. The summed E-state index contributed by atoms with van der Waals surface area (Å²) in [7, 11) is 1.62. The van der Waals surface area contributed by atoms with Crippen molar-refractivity contribution in [2.75, 3.05) is 7.05 Å². The first-order chi connectivity index (χ1) is 7.99. The number of hydrogen-bond acceptors (Lipinski definition) is 4. The Morgan fingerprint density at radius 3 is 2.82 bits per heavy atom. The van der Waals surface area contributed by atoms with Crippen LogP contribution in [-0.4, -0.2) is 27.3 Å². The van der Waals surface area contributed by atoms with E-state index >= 15 is 0 Å². The normalized spacial score (nSPS) is 18.2. The number of amides is 1. The van der Waals surface area contributed by atoms with Crippen LogP contribution in [0.2, 0.25) is 5.02 Å². The van der Waals surface area contributed by atoms with E-state index < -0.39 is 0 Å². The van der Waals surface area contributed by atoms with E-state index in [0.717, 1.165) is 0 Å². The topological polar surface area (TPSA) is 40.5 Å². The molecule has 1 heterocycles. The first kappa shape index (κ1) is 12.4. The maximum Gasteiger partial charge on any atom is 0.265 e. The van der Waals surface area contributed by atoms with Crippen LogP contribution >= 0.6 is 35.6 Å². The Morgan fingerprint density at radius 2 is 2.24 bits per heavy atom. The second-order valence-corrected chi connectivity index (χ2v) is 5.56. The van der Waals surface area contributed by atoms with Crippen LogP contribution in [0.1, 0.15) is 5.56 Å². The van der Waals surface area contributed by atoms with Crippen molar-refractivity contribution in [3.8, 4) is 5.75 Å². The standard InChI is InChI=1S/C11H8ClNO2S2/c1-13-10(15)9(17-11(13)16)5-6-4-7(12)2-3-8(6)14/h2-5,14H,1H3. The van der Waals surface area contributed by atoms with E-state index in [1.54, 1.807) is 25.3 Å². The number of aromatic hydroxyl groups is 1. The van der Waals surface area contributed by atoms with Crippen LogP contribution in [0.15, 0.2) is 23.1 Å². The second kappa shape index (κ2) is 4.68. The van der Waals surface area contributed by atoms with E-state index in [1.807, 2.05) is 0 Å². The van der Waals surface area contributed by atoms with Crippen molar-refractivity contribution in [3.05, 3.63) is 33.7 Å². The SMILES string of the molecule is CN1C(=O)C(=Cc2cc(Cl)ccc2O)SC1=S. The van der Waals surface area contributed by atoms with Gasteiger partial charge in [-0.25, -0.2) is 0 Å². The molecule has 0 bridgehead atoms.